The largest absolute Gasteiger partial charge is 0.392 e. The van der Waals surface area contributed by atoms with Crippen LogP contribution < -0.4 is 0 Å². The van der Waals surface area contributed by atoms with Gasteiger partial charge in [0.15, 0.2) is 0 Å². The summed E-state index contributed by atoms with van der Waals surface area (Å²) in [5.74, 6) is -0.379. The lowest BCUT2D eigenvalue weighted by Gasteiger charge is -2.06. The molecule has 1 heterocycles. The van der Waals surface area contributed by atoms with Crippen molar-refractivity contribution >= 4 is 10.9 Å². The molecule has 3 rings (SSSR count). The Bertz CT molecular complexity index is 706. The smallest absolute Gasteiger partial charge is 0.125 e. The predicted octanol–water partition coefficient (Wildman–Crippen LogP) is 2.66. The van der Waals surface area contributed by atoms with E-state index in [2.05, 4.69) is 5.10 Å². The molecule has 3 nitrogen and oxygen atoms in total. The topological polar surface area (TPSA) is 38.0 Å². The van der Waals surface area contributed by atoms with E-state index in [4.69, 9.17) is 5.11 Å². The average Bonchev–Trinajstić information content (AvgIpc) is 2.81. The quantitative estimate of drug-likeness (QED) is 0.750. The highest BCUT2D eigenvalue weighted by Gasteiger charge is 2.06. The lowest BCUT2D eigenvalue weighted by atomic mass is 10.2. The van der Waals surface area contributed by atoms with Crippen LogP contribution in [0.1, 0.15) is 5.56 Å². The van der Waals surface area contributed by atoms with Gasteiger partial charge in [0.2, 0.25) is 0 Å². The van der Waals surface area contributed by atoms with E-state index in [1.165, 1.54) is 12.1 Å². The van der Waals surface area contributed by atoms with E-state index in [0.717, 1.165) is 10.9 Å². The molecular weight excluding hydrogens is 231 g/mol. The highest BCUT2D eigenvalue weighted by molar-refractivity contribution is 5.80. The fourth-order valence-electron chi connectivity index (χ4n) is 2.02. The number of fused-ring (bicyclic) bond motifs is 1. The summed E-state index contributed by atoms with van der Waals surface area (Å²) in [4.78, 5) is 0. The highest BCUT2D eigenvalue weighted by Crippen LogP contribution is 2.19. The average molecular weight is 242 g/mol. The number of benzene rings is 2. The van der Waals surface area contributed by atoms with Crippen molar-refractivity contribution in [2.75, 3.05) is 0 Å². The van der Waals surface area contributed by atoms with Crippen LogP contribution in [0.5, 0.6) is 0 Å². The van der Waals surface area contributed by atoms with Crippen LogP contribution >= 0.6 is 0 Å². The molecule has 0 amide bonds. The Hall–Kier alpha value is -2.20. The molecule has 1 aromatic heterocycles. The van der Waals surface area contributed by atoms with E-state index in [1.54, 1.807) is 16.9 Å². The SMILES string of the molecule is OCc1cc(F)cc(-n2ncc3ccccc32)c1. The van der Waals surface area contributed by atoms with Gasteiger partial charge in [-0.05, 0) is 29.8 Å². The molecule has 0 aliphatic carbocycles. The van der Waals surface area contributed by atoms with Gasteiger partial charge in [0.05, 0.1) is 24.0 Å². The summed E-state index contributed by atoms with van der Waals surface area (Å²) < 4.78 is 15.1. The van der Waals surface area contributed by atoms with Crippen molar-refractivity contribution in [2.24, 2.45) is 0 Å². The van der Waals surface area contributed by atoms with E-state index in [1.807, 2.05) is 24.3 Å². The van der Waals surface area contributed by atoms with Crippen molar-refractivity contribution in [1.29, 1.82) is 0 Å². The number of hydrogen-bond donors (Lipinski definition) is 1. The van der Waals surface area contributed by atoms with Crippen molar-refractivity contribution < 1.29 is 9.50 Å². The third-order valence-electron chi connectivity index (χ3n) is 2.85. The summed E-state index contributed by atoms with van der Waals surface area (Å²) in [6, 6.07) is 12.2. The molecule has 0 spiro atoms. The summed E-state index contributed by atoms with van der Waals surface area (Å²) in [5, 5.41) is 14.3. The van der Waals surface area contributed by atoms with E-state index in [-0.39, 0.29) is 12.4 Å². The molecule has 18 heavy (non-hydrogen) atoms. The van der Waals surface area contributed by atoms with E-state index >= 15 is 0 Å². The lowest BCUT2D eigenvalue weighted by molar-refractivity contribution is 0.281. The maximum absolute atomic E-state index is 13.5. The standard InChI is InChI=1S/C14H11FN2O/c15-12-5-10(9-18)6-13(7-12)17-14-4-2-1-3-11(14)8-16-17/h1-8,18H,9H2. The number of aromatic nitrogens is 2. The molecule has 0 bridgehead atoms. The normalized spacial score (nSPS) is 11.0. The summed E-state index contributed by atoms with van der Waals surface area (Å²) in [6.45, 7) is -0.191. The fraction of sp³-hybridized carbons (Fsp3) is 0.0714. The summed E-state index contributed by atoms with van der Waals surface area (Å²) in [5.41, 5.74) is 2.05. The summed E-state index contributed by atoms with van der Waals surface area (Å²) >= 11 is 0. The van der Waals surface area contributed by atoms with Crippen molar-refractivity contribution in [1.82, 2.24) is 9.78 Å². The van der Waals surface area contributed by atoms with Gasteiger partial charge in [-0.2, -0.15) is 5.10 Å². The number of halogens is 1. The van der Waals surface area contributed by atoms with Crippen LogP contribution in [0.25, 0.3) is 16.6 Å². The first-order chi connectivity index (χ1) is 8.78. The second-order valence-electron chi connectivity index (χ2n) is 4.09. The Balaban J connectivity index is 2.22. The van der Waals surface area contributed by atoms with Gasteiger partial charge in [-0.15, -0.1) is 0 Å². The first-order valence-corrected chi connectivity index (χ1v) is 5.61. The van der Waals surface area contributed by atoms with Crippen molar-refractivity contribution in [3.8, 4) is 5.69 Å². The number of aliphatic hydroxyl groups excluding tert-OH is 1. The zero-order chi connectivity index (χ0) is 12.5. The highest BCUT2D eigenvalue weighted by atomic mass is 19.1. The molecule has 4 heteroatoms. The Morgan fingerprint density at radius 2 is 2.00 bits per heavy atom. The molecule has 0 atom stereocenters. The van der Waals surface area contributed by atoms with Gasteiger partial charge in [-0.3, -0.25) is 0 Å². The third kappa shape index (κ3) is 1.76. The minimum Gasteiger partial charge on any atom is -0.392 e. The molecule has 2 aromatic carbocycles. The van der Waals surface area contributed by atoms with Crippen LogP contribution in [0, 0.1) is 5.82 Å². The van der Waals surface area contributed by atoms with Gasteiger partial charge in [0, 0.05) is 5.39 Å². The Morgan fingerprint density at radius 3 is 2.83 bits per heavy atom. The maximum Gasteiger partial charge on any atom is 0.125 e. The molecule has 0 fully saturated rings. The molecule has 0 saturated carbocycles. The zero-order valence-electron chi connectivity index (χ0n) is 9.55. The molecule has 0 saturated heterocycles. The molecular formula is C14H11FN2O. The van der Waals surface area contributed by atoms with Gasteiger partial charge >= 0.3 is 0 Å². The molecule has 0 aliphatic heterocycles. The summed E-state index contributed by atoms with van der Waals surface area (Å²) in [7, 11) is 0. The van der Waals surface area contributed by atoms with Crippen LogP contribution in [-0.2, 0) is 6.61 Å². The minimum atomic E-state index is -0.379. The van der Waals surface area contributed by atoms with Crippen LogP contribution in [0.15, 0.2) is 48.7 Å². The number of nitrogens with zero attached hydrogens (tertiary/aromatic N) is 2. The van der Waals surface area contributed by atoms with Crippen LogP contribution in [-0.4, -0.2) is 14.9 Å². The predicted molar refractivity (Wildman–Crippen MR) is 67.0 cm³/mol. The van der Waals surface area contributed by atoms with Gasteiger partial charge in [-0.25, -0.2) is 9.07 Å². The number of para-hydroxylation sites is 1. The van der Waals surface area contributed by atoms with Crippen molar-refractivity contribution in [3.05, 3.63) is 60.0 Å². The van der Waals surface area contributed by atoms with E-state index in [9.17, 15) is 4.39 Å². The van der Waals surface area contributed by atoms with Crippen LogP contribution in [0.3, 0.4) is 0 Å². The molecule has 0 unspecified atom stereocenters. The molecule has 90 valence electrons. The second-order valence-corrected chi connectivity index (χ2v) is 4.09. The third-order valence-corrected chi connectivity index (χ3v) is 2.85. The molecule has 1 N–H and O–H groups in total. The first-order valence-electron chi connectivity index (χ1n) is 5.61. The maximum atomic E-state index is 13.5. The van der Waals surface area contributed by atoms with E-state index < -0.39 is 0 Å². The number of aliphatic hydroxyl groups is 1. The van der Waals surface area contributed by atoms with Crippen LogP contribution in [0.4, 0.5) is 4.39 Å². The minimum absolute atomic E-state index is 0.191. The Morgan fingerprint density at radius 1 is 1.17 bits per heavy atom. The molecule has 0 radical (unpaired) electrons. The van der Waals surface area contributed by atoms with Crippen LogP contribution in [0.2, 0.25) is 0 Å². The number of hydrogen-bond acceptors (Lipinski definition) is 2. The Labute approximate surface area is 103 Å². The van der Waals surface area contributed by atoms with Crippen molar-refractivity contribution in [3.63, 3.8) is 0 Å². The lowest BCUT2D eigenvalue weighted by Crippen LogP contribution is -1.98. The number of rotatable bonds is 2. The van der Waals surface area contributed by atoms with Gasteiger partial charge in [0.25, 0.3) is 0 Å². The van der Waals surface area contributed by atoms with E-state index in [0.29, 0.717) is 11.3 Å². The first kappa shape index (κ1) is 10.9. The van der Waals surface area contributed by atoms with Gasteiger partial charge < -0.3 is 5.11 Å². The summed E-state index contributed by atoms with van der Waals surface area (Å²) in [6.07, 6.45) is 1.73. The van der Waals surface area contributed by atoms with Crippen molar-refractivity contribution in [2.45, 2.75) is 6.61 Å². The Kier molecular flexibility index (Phi) is 2.57. The molecule has 0 aliphatic rings. The second kappa shape index (κ2) is 4.23. The fourth-order valence-corrected chi connectivity index (χ4v) is 2.02. The molecule has 3 aromatic rings. The van der Waals surface area contributed by atoms with Gasteiger partial charge in [-0.1, -0.05) is 18.2 Å². The monoisotopic (exact) mass is 242 g/mol. The zero-order valence-corrected chi connectivity index (χ0v) is 9.55. The van der Waals surface area contributed by atoms with Gasteiger partial charge in [0.1, 0.15) is 5.82 Å².